The Hall–Kier alpha value is -1.81. The van der Waals surface area contributed by atoms with Crippen LogP contribution in [-0.2, 0) is 4.79 Å². The van der Waals surface area contributed by atoms with Crippen molar-refractivity contribution in [3.05, 3.63) is 30.0 Å². The zero-order valence-electron chi connectivity index (χ0n) is 12.6. The van der Waals surface area contributed by atoms with Gasteiger partial charge in [0, 0.05) is 12.8 Å². The molecule has 2 aliphatic rings. The summed E-state index contributed by atoms with van der Waals surface area (Å²) in [7, 11) is 3.77. The third-order valence-electron chi connectivity index (χ3n) is 4.95. The molecule has 1 saturated carbocycles. The van der Waals surface area contributed by atoms with Gasteiger partial charge in [-0.2, -0.15) is 0 Å². The zero-order chi connectivity index (χ0) is 15.0. The maximum absolute atomic E-state index is 11.6. The summed E-state index contributed by atoms with van der Waals surface area (Å²) in [4.78, 5) is 11.6. The first-order valence-corrected chi connectivity index (χ1v) is 7.58. The molecule has 0 spiro atoms. The van der Waals surface area contributed by atoms with Gasteiger partial charge in [-0.3, -0.25) is 4.48 Å². The number of rotatable bonds is 3. The first kappa shape index (κ1) is 14.1. The van der Waals surface area contributed by atoms with E-state index in [-0.39, 0.29) is 0 Å². The molecule has 1 aliphatic carbocycles. The molecule has 4 nitrogen and oxygen atoms in total. The van der Waals surface area contributed by atoms with Gasteiger partial charge in [0.1, 0.15) is 11.8 Å². The van der Waals surface area contributed by atoms with Gasteiger partial charge in [0.15, 0.2) is 11.4 Å². The highest BCUT2D eigenvalue weighted by molar-refractivity contribution is 6.19. The summed E-state index contributed by atoms with van der Waals surface area (Å²) in [6.45, 7) is 0. The van der Waals surface area contributed by atoms with Gasteiger partial charge >= 0.3 is 5.97 Å². The normalized spacial score (nSPS) is 25.3. The molecule has 1 unspecified atom stereocenters. The minimum Gasteiger partial charge on any atom is -0.491 e. The molecule has 1 atom stereocenters. The first-order chi connectivity index (χ1) is 10.1. The van der Waals surface area contributed by atoms with Crippen LogP contribution in [0.15, 0.2) is 24.4 Å². The lowest BCUT2D eigenvalue weighted by Crippen LogP contribution is -2.49. The average Bonchev–Trinajstić information content (AvgIpc) is 2.83. The molecule has 1 N–H and O–H groups in total. The maximum atomic E-state index is 11.6. The van der Waals surface area contributed by atoms with Gasteiger partial charge in [-0.05, 0) is 25.0 Å². The van der Waals surface area contributed by atoms with E-state index in [9.17, 15) is 9.90 Å². The smallest absolute Gasteiger partial charge is 0.341 e. The number of hydrogen-bond donors (Lipinski definition) is 1. The molecular weight excluding hydrogens is 266 g/mol. The molecule has 1 fully saturated rings. The van der Waals surface area contributed by atoms with E-state index >= 15 is 0 Å². The number of carboxylic acid groups (broad SMARTS) is 1. The molecular formula is C17H22NO3+. The summed E-state index contributed by atoms with van der Waals surface area (Å²) in [5.74, 6) is -0.0739. The second kappa shape index (κ2) is 5.19. The van der Waals surface area contributed by atoms with E-state index in [1.54, 1.807) is 7.11 Å². The van der Waals surface area contributed by atoms with E-state index in [1.807, 2.05) is 24.4 Å². The fourth-order valence-electron chi connectivity index (χ4n) is 3.88. The van der Waals surface area contributed by atoms with Crippen LogP contribution in [0.4, 0.5) is 5.69 Å². The number of aliphatic carboxylic acids is 1. The Morgan fingerprint density at radius 2 is 2.00 bits per heavy atom. The van der Waals surface area contributed by atoms with E-state index < -0.39 is 5.97 Å². The number of carboxylic acids is 1. The third-order valence-corrected chi connectivity index (χ3v) is 4.95. The highest BCUT2D eigenvalue weighted by Crippen LogP contribution is 2.48. The van der Waals surface area contributed by atoms with E-state index in [0.717, 1.165) is 29.8 Å². The number of para-hydroxylation sites is 1. The molecule has 4 heteroatoms. The van der Waals surface area contributed by atoms with E-state index in [4.69, 9.17) is 4.74 Å². The fourth-order valence-corrected chi connectivity index (χ4v) is 3.88. The largest absolute Gasteiger partial charge is 0.491 e. The quantitative estimate of drug-likeness (QED) is 0.867. The van der Waals surface area contributed by atoms with Crippen molar-refractivity contribution in [2.45, 2.75) is 38.1 Å². The average molecular weight is 288 g/mol. The molecule has 3 rings (SSSR count). The lowest BCUT2D eigenvalue weighted by molar-refractivity contribution is -0.130. The van der Waals surface area contributed by atoms with Crippen molar-refractivity contribution in [3.8, 4) is 5.75 Å². The SMILES string of the molecule is COc1cccc2c1[N+](C)(C1CCCCC1)C=C2C(=O)O. The topological polar surface area (TPSA) is 46.5 Å². The van der Waals surface area contributed by atoms with Crippen LogP contribution in [-0.4, -0.2) is 31.3 Å². The van der Waals surface area contributed by atoms with Crippen LogP contribution in [0.3, 0.4) is 0 Å². The summed E-state index contributed by atoms with van der Waals surface area (Å²) in [6, 6.07) is 6.12. The zero-order valence-corrected chi connectivity index (χ0v) is 12.6. The summed E-state index contributed by atoms with van der Waals surface area (Å²) >= 11 is 0. The van der Waals surface area contributed by atoms with Crippen molar-refractivity contribution < 1.29 is 14.6 Å². The Bertz CT molecular complexity index is 602. The second-order valence-corrected chi connectivity index (χ2v) is 6.14. The van der Waals surface area contributed by atoms with Gasteiger partial charge in [0.05, 0.1) is 25.8 Å². The highest BCUT2D eigenvalue weighted by Gasteiger charge is 2.45. The predicted molar refractivity (Wildman–Crippen MR) is 83.2 cm³/mol. The summed E-state index contributed by atoms with van der Waals surface area (Å²) in [6.07, 6.45) is 7.91. The van der Waals surface area contributed by atoms with Gasteiger partial charge in [0.2, 0.25) is 0 Å². The summed E-state index contributed by atoms with van der Waals surface area (Å²) in [5, 5.41) is 9.54. The number of ether oxygens (including phenoxy) is 1. The number of nitrogens with zero attached hydrogens (tertiary/aromatic N) is 1. The van der Waals surface area contributed by atoms with Gasteiger partial charge in [-0.25, -0.2) is 4.79 Å². The summed E-state index contributed by atoms with van der Waals surface area (Å²) in [5.41, 5.74) is 2.20. The van der Waals surface area contributed by atoms with Crippen LogP contribution in [0.1, 0.15) is 37.7 Å². The lowest BCUT2D eigenvalue weighted by atomic mass is 9.92. The molecule has 112 valence electrons. The van der Waals surface area contributed by atoms with Gasteiger partial charge in [-0.15, -0.1) is 0 Å². The standard InChI is InChI=1S/C17H21NO3/c1-18(12-7-4-3-5-8-12)11-14(17(19)20)13-9-6-10-15(21-2)16(13)18/h6,9-12H,3-5,7-8H2,1-2H3/p+1. The Kier molecular flexibility index (Phi) is 3.49. The molecule has 1 aromatic rings. The number of benzene rings is 1. The van der Waals surface area contributed by atoms with Crippen LogP contribution in [0.2, 0.25) is 0 Å². The maximum Gasteiger partial charge on any atom is 0.341 e. The first-order valence-electron chi connectivity index (χ1n) is 7.58. The molecule has 0 aromatic heterocycles. The van der Waals surface area contributed by atoms with Crippen LogP contribution in [0.5, 0.6) is 5.75 Å². The van der Waals surface area contributed by atoms with E-state index in [1.165, 1.54) is 19.3 Å². The Morgan fingerprint density at radius 1 is 1.29 bits per heavy atom. The molecule has 0 radical (unpaired) electrons. The number of quaternary nitrogens is 1. The van der Waals surface area contributed by atoms with Gasteiger partial charge in [0.25, 0.3) is 0 Å². The van der Waals surface area contributed by atoms with Crippen molar-refractivity contribution in [3.63, 3.8) is 0 Å². The summed E-state index contributed by atoms with van der Waals surface area (Å²) < 4.78 is 6.09. The Balaban J connectivity index is 2.16. The third kappa shape index (κ3) is 2.14. The predicted octanol–water partition coefficient (Wildman–Crippen LogP) is 3.40. The molecule has 21 heavy (non-hydrogen) atoms. The van der Waals surface area contributed by atoms with Gasteiger partial charge < -0.3 is 9.84 Å². The monoisotopic (exact) mass is 288 g/mol. The van der Waals surface area contributed by atoms with E-state index in [0.29, 0.717) is 16.1 Å². The Morgan fingerprint density at radius 3 is 2.62 bits per heavy atom. The van der Waals surface area contributed by atoms with Crippen LogP contribution in [0, 0.1) is 0 Å². The van der Waals surface area contributed by atoms with E-state index in [2.05, 4.69) is 7.05 Å². The number of fused-ring (bicyclic) bond motifs is 1. The minimum atomic E-state index is -0.859. The van der Waals surface area contributed by atoms with Crippen LogP contribution < -0.4 is 9.22 Å². The number of hydrogen-bond acceptors (Lipinski definition) is 2. The van der Waals surface area contributed by atoms with Crippen molar-refractivity contribution in [1.82, 2.24) is 4.48 Å². The minimum absolute atomic E-state index is 0.400. The number of carbonyl (C=O) groups is 1. The van der Waals surface area contributed by atoms with Crippen molar-refractivity contribution in [2.75, 3.05) is 14.2 Å². The highest BCUT2D eigenvalue weighted by atomic mass is 16.5. The molecule has 1 aromatic carbocycles. The van der Waals surface area contributed by atoms with Crippen molar-refractivity contribution in [1.29, 1.82) is 0 Å². The molecule has 0 bridgehead atoms. The van der Waals surface area contributed by atoms with Crippen LogP contribution >= 0.6 is 0 Å². The van der Waals surface area contributed by atoms with Crippen LogP contribution in [0.25, 0.3) is 5.57 Å². The van der Waals surface area contributed by atoms with Gasteiger partial charge in [-0.1, -0.05) is 12.5 Å². The second-order valence-electron chi connectivity index (χ2n) is 6.14. The number of methoxy groups -OCH3 is 1. The molecule has 0 amide bonds. The van der Waals surface area contributed by atoms with Crippen molar-refractivity contribution in [2.24, 2.45) is 0 Å². The lowest BCUT2D eigenvalue weighted by Gasteiger charge is -2.38. The molecule has 1 heterocycles. The molecule has 0 saturated heterocycles. The molecule has 1 aliphatic heterocycles. The Labute approximate surface area is 125 Å². The fraction of sp³-hybridized carbons (Fsp3) is 0.471. The van der Waals surface area contributed by atoms with Crippen molar-refractivity contribution >= 4 is 17.2 Å².